The predicted octanol–water partition coefficient (Wildman–Crippen LogP) is -2.06. The summed E-state index contributed by atoms with van der Waals surface area (Å²) in [5.74, 6) is -21.3. The molecule has 6 heterocycles. The first-order valence-corrected chi connectivity index (χ1v) is 46.3. The van der Waals surface area contributed by atoms with Crippen LogP contribution in [0.3, 0.4) is 0 Å². The molecular weight excluding hydrogens is 1790 g/mol. The van der Waals surface area contributed by atoms with Crippen LogP contribution in [0.2, 0.25) is 0 Å². The van der Waals surface area contributed by atoms with Gasteiger partial charge in [0.1, 0.15) is 96.9 Å². The zero-order valence-electron chi connectivity index (χ0n) is 76.8. The molecule has 20 N–H and O–H groups in total. The van der Waals surface area contributed by atoms with Gasteiger partial charge in [0.15, 0.2) is 0 Å². The molecule has 0 saturated carbocycles. The number of hydrogen-bond donors (Lipinski definition) is 18. The number of phenolic OH excluding ortho intramolecular Hbond substituents is 1. The number of aliphatic carboxylic acids is 3. The third-order valence-electron chi connectivity index (χ3n) is 24.3. The number of fused-ring (bicyclic) bond motifs is 4. The van der Waals surface area contributed by atoms with Gasteiger partial charge in [-0.05, 0) is 112 Å². The van der Waals surface area contributed by atoms with Crippen LogP contribution in [0.5, 0.6) is 5.75 Å². The lowest BCUT2D eigenvalue weighted by Gasteiger charge is -2.36. The highest BCUT2D eigenvalue weighted by molar-refractivity contribution is 8.00. The van der Waals surface area contributed by atoms with E-state index in [1.807, 2.05) is 13.8 Å². The highest BCUT2D eigenvalue weighted by atomic mass is 32.2. The molecule has 0 aliphatic carbocycles. The summed E-state index contributed by atoms with van der Waals surface area (Å²) in [4.78, 5) is 286. The smallest absolute Gasteiger partial charge is 0.323 e. The monoisotopic (exact) mass is 1910 g/mol. The van der Waals surface area contributed by atoms with Gasteiger partial charge in [0.2, 0.25) is 94.5 Å². The summed E-state index contributed by atoms with van der Waals surface area (Å²) >= 11 is 0.749. The Morgan fingerprint density at radius 1 is 0.559 bits per heavy atom. The number of nitrogens with one attached hydrogen (secondary N) is 11. The average molecular weight is 1910 g/mol. The van der Waals surface area contributed by atoms with E-state index in [0.29, 0.717) is 69.8 Å². The number of para-hydroxylation sites is 2. The average Bonchev–Trinajstić information content (AvgIpc) is 1.60. The number of hydrogen-bond acceptors (Lipinski definition) is 24. The number of nitrogens with two attached hydrogens (primary N) is 2. The molecular formula is C91H122N20O24S. The molecule has 3 saturated heterocycles. The van der Waals surface area contributed by atoms with Gasteiger partial charge in [-0.1, -0.05) is 88.1 Å². The van der Waals surface area contributed by atoms with Crippen molar-refractivity contribution in [2.24, 2.45) is 16.5 Å². The van der Waals surface area contributed by atoms with Crippen LogP contribution in [0.4, 0.5) is 0 Å². The standard InChI is InChI=1S/C91H122N20O24S/c1-8-10-20-69-84(128)97-49(3)78(122)105-67(80(124)96-43-73(93)114)47-136-48-74(115)98-64(35-51-24-26-55(112)27-25-51)87(131)106(5)50(4)79(123)103-66(40-76(118)119)90(134)110-34-16-23-70(110)85(129)101-62(36-52-31-33-94-41-52)82(126)100-61(28-29-75(116)117)89(133)111-45-56(113)39-72(111)86(130)102-63(37-53-42-95-59-19-14-12-17-57(53)59)83(127)99-60(30-32-92)81(125)104-65(88(132)108(7)71(21-11-9-2)91(135)107(69)6)38-54-44-109(46-77(120)121)68-22-15-13-18-58(54)68/h12-15,17-19,22,24-27,33,41-42,44,49-50,56,60-67,69-72,95,112-113H,8-11,16,20-21,23,28-32,34-40,43,45-48,92H2,1-7H3,(H2,93,114)(H,96,124)(H,97,128)(H,98,115)(H,99,127)(H,100,126)(H,101,129)(H,102,130)(H,103,123)(H,104,125)(H,105,122)(H,116,117)(H,118,119)(H,120,121)/t49-,50-,56+,60-,61-,62-,63-,64-,65-,66-,67-,69-,70-,71-,72-/m0/s1. The first-order chi connectivity index (χ1) is 64.7. The van der Waals surface area contributed by atoms with Crippen molar-refractivity contribution in [2.45, 2.75) is 241 Å². The van der Waals surface area contributed by atoms with Crippen molar-refractivity contribution < 1.29 is 117 Å². The zero-order chi connectivity index (χ0) is 99.5. The van der Waals surface area contributed by atoms with Crippen LogP contribution in [-0.4, -0.2) is 328 Å². The van der Waals surface area contributed by atoms with Crippen LogP contribution in [0.15, 0.2) is 102 Å². The third-order valence-corrected chi connectivity index (χ3v) is 25.4. The molecule has 0 bridgehead atoms. The molecule has 15 atom stereocenters. The highest BCUT2D eigenvalue weighted by Crippen LogP contribution is 2.29. The molecule has 2 aromatic heterocycles. The second-order valence-corrected chi connectivity index (χ2v) is 35.4. The maximum atomic E-state index is 15.9. The number of amides is 16. The Labute approximate surface area is 787 Å². The largest absolute Gasteiger partial charge is 0.508 e. The summed E-state index contributed by atoms with van der Waals surface area (Å²) in [6.45, 7) is 3.75. The molecule has 136 heavy (non-hydrogen) atoms. The maximum Gasteiger partial charge on any atom is 0.323 e. The number of carbonyl (C=O) groups is 19. The number of carboxylic acid groups (broad SMARTS) is 3. The topological polar surface area (TPSA) is 647 Å². The van der Waals surface area contributed by atoms with Gasteiger partial charge in [-0.25, -0.2) is 0 Å². The Morgan fingerprint density at radius 2 is 1.15 bits per heavy atom. The Bertz CT molecular complexity index is 5310. The van der Waals surface area contributed by atoms with Crippen LogP contribution in [0, 0.1) is 0 Å². The van der Waals surface area contributed by atoms with Gasteiger partial charge in [0.05, 0.1) is 24.8 Å². The number of aromatic amines is 1. The lowest BCUT2D eigenvalue weighted by Crippen LogP contribution is -2.61. The van der Waals surface area contributed by atoms with Gasteiger partial charge in [-0.2, -0.15) is 0 Å². The molecule has 45 heteroatoms. The van der Waals surface area contributed by atoms with Crippen molar-refractivity contribution in [1.29, 1.82) is 0 Å². The van der Waals surface area contributed by atoms with E-state index in [2.05, 4.69) is 63.1 Å². The summed E-state index contributed by atoms with van der Waals surface area (Å²) < 4.78 is 1.42. The Kier molecular flexibility index (Phi) is 38.9. The molecule has 44 nitrogen and oxygen atoms in total. The summed E-state index contributed by atoms with van der Waals surface area (Å²) in [6.07, 6.45) is 1.39. The first-order valence-electron chi connectivity index (χ1n) is 45.1. The predicted molar refractivity (Wildman–Crippen MR) is 494 cm³/mol. The molecule has 4 aliphatic rings. The fraction of sp³-hybridized carbons (Fsp3) is 0.516. The molecule has 3 aromatic carbocycles. The second kappa shape index (κ2) is 49.9. The van der Waals surface area contributed by atoms with Crippen molar-refractivity contribution in [3.05, 3.63) is 114 Å². The van der Waals surface area contributed by atoms with Crippen LogP contribution in [-0.2, 0) is 117 Å². The van der Waals surface area contributed by atoms with Crippen LogP contribution in [0.25, 0.3) is 21.8 Å². The number of unbranched alkanes of at least 4 members (excludes halogenated alkanes) is 2. The number of aromatic hydroxyl groups is 1. The molecule has 736 valence electrons. The summed E-state index contributed by atoms with van der Waals surface area (Å²) in [5, 5.41) is 79.0. The first kappa shape index (κ1) is 106. The van der Waals surface area contributed by atoms with E-state index in [9.17, 15) is 83.1 Å². The van der Waals surface area contributed by atoms with Crippen molar-refractivity contribution in [2.75, 3.05) is 58.8 Å². The number of aliphatic imine (C=N–C) groups is 1. The number of aliphatic hydroxyl groups excluding tert-OH is 1. The van der Waals surface area contributed by atoms with Crippen LogP contribution in [0.1, 0.15) is 141 Å². The number of aliphatic hydroxyl groups is 1. The SMILES string of the molecule is CCCC[C@H]1C(=O)N(C)[C@@H](CCCC)C(=O)N[C@@H](C)C(=O)N[C@H](C(=O)NCC(N)=O)CSCC(=O)N[C@@H](Cc2ccc(O)cc2)C(=O)N(C)[C@@H](C)C(=O)N[C@@H](CC(=O)O)C(=O)N2CCC[C@H]2C(=O)N[C@@H](CC2=CN=CC2)C(=O)N[C@@H](CCC(=O)O)C(=O)N2C[C@H](O)C[C@H]2C(=O)N[C@@H](Cc2c[nH]c3ccccc23)C(=O)N[C@@H](CCN)C(=O)N[C@@H](Cc2cn(CC(=O)O)c3ccccc23)C(=O)N1C. The molecule has 0 spiro atoms. The molecule has 3 fully saturated rings. The van der Waals surface area contributed by atoms with E-state index in [1.54, 1.807) is 54.7 Å². The maximum absolute atomic E-state index is 15.9. The molecule has 5 aromatic rings. The van der Waals surface area contributed by atoms with Crippen LogP contribution < -0.4 is 64.6 Å². The number of likely N-dealkylation sites (N-methyl/N-ethyl adjacent to an activating group) is 3. The number of aromatic nitrogens is 2. The third kappa shape index (κ3) is 28.9. The van der Waals surface area contributed by atoms with Crippen LogP contribution >= 0.6 is 11.8 Å². The molecule has 9 rings (SSSR count). The van der Waals surface area contributed by atoms with Crippen molar-refractivity contribution >= 4 is 152 Å². The van der Waals surface area contributed by atoms with Crippen molar-refractivity contribution in [1.82, 2.24) is 87.2 Å². The molecule has 0 radical (unpaired) electrons. The van der Waals surface area contributed by atoms with Gasteiger partial charge in [0, 0.05) is 125 Å². The fourth-order valence-corrected chi connectivity index (χ4v) is 17.7. The van der Waals surface area contributed by atoms with Crippen molar-refractivity contribution in [3.63, 3.8) is 0 Å². The number of benzene rings is 3. The molecule has 4 aliphatic heterocycles. The number of H-pyrrole nitrogens is 1. The summed E-state index contributed by atoms with van der Waals surface area (Å²) in [5.41, 5.74) is 14.2. The van der Waals surface area contributed by atoms with Crippen molar-refractivity contribution in [3.8, 4) is 5.75 Å². The van der Waals surface area contributed by atoms with Gasteiger partial charge >= 0.3 is 17.9 Å². The lowest BCUT2D eigenvalue weighted by atomic mass is 10.00. The Hall–Kier alpha value is -13.9. The number of phenols is 1. The number of nitrogens with zero attached hydrogens (tertiary/aromatic N) is 7. The normalized spacial score (nSPS) is 25.1. The number of thioether (sulfide) groups is 1. The summed E-state index contributed by atoms with van der Waals surface area (Å²) in [6, 6.07) is -3.70. The fourth-order valence-electron chi connectivity index (χ4n) is 16.8. The second-order valence-electron chi connectivity index (χ2n) is 34.4. The number of primary amides is 1. The summed E-state index contributed by atoms with van der Waals surface area (Å²) in [7, 11) is 3.80. The quantitative estimate of drug-likeness (QED) is 0.0283. The van der Waals surface area contributed by atoms with E-state index in [1.165, 1.54) is 82.4 Å². The van der Waals surface area contributed by atoms with E-state index >= 15 is 33.6 Å². The minimum Gasteiger partial charge on any atom is -0.508 e. The van der Waals surface area contributed by atoms with Gasteiger partial charge in [0.25, 0.3) is 0 Å². The number of carboxylic acids is 3. The number of carbonyl (C=O) groups excluding carboxylic acids is 16. The Balaban J connectivity index is 1.11. The number of rotatable bonds is 26. The zero-order valence-corrected chi connectivity index (χ0v) is 77.6. The molecule has 0 unspecified atom stereocenters. The lowest BCUT2D eigenvalue weighted by molar-refractivity contribution is -0.149. The van der Waals surface area contributed by atoms with Gasteiger partial charge in [-0.15, -0.1) is 11.8 Å². The van der Waals surface area contributed by atoms with E-state index in [4.69, 9.17) is 11.5 Å². The van der Waals surface area contributed by atoms with Gasteiger partial charge in [-0.3, -0.25) is 96.1 Å². The van der Waals surface area contributed by atoms with E-state index < -0.39 is 266 Å². The molecule has 16 amide bonds. The minimum absolute atomic E-state index is 0.0188. The minimum atomic E-state index is -1.94. The van der Waals surface area contributed by atoms with Gasteiger partial charge < -0.3 is 124 Å². The highest BCUT2D eigenvalue weighted by Gasteiger charge is 2.47. The van der Waals surface area contributed by atoms with E-state index in [0.717, 1.165) is 36.3 Å². The van der Waals surface area contributed by atoms with E-state index in [-0.39, 0.29) is 76.6 Å². The Morgan fingerprint density at radius 3 is 1.79 bits per heavy atom.